The molecule has 0 saturated carbocycles. The first-order valence-corrected chi connectivity index (χ1v) is 11.6. The van der Waals surface area contributed by atoms with Gasteiger partial charge in [0.1, 0.15) is 11.6 Å². The molecule has 4 aromatic carbocycles. The lowest BCUT2D eigenvalue weighted by atomic mass is 9.91. The van der Waals surface area contributed by atoms with E-state index in [2.05, 4.69) is 19.1 Å². The number of aryl methyl sites for hydroxylation is 1. The van der Waals surface area contributed by atoms with Crippen LogP contribution in [-0.2, 0) is 11.2 Å². The summed E-state index contributed by atoms with van der Waals surface area (Å²) in [5.41, 5.74) is 5.31. The van der Waals surface area contributed by atoms with Crippen LogP contribution >= 0.6 is 0 Å². The minimum atomic E-state index is -0.153. The number of phenolic OH excluding ortho intramolecular Hbond substituents is 1. The molecule has 4 aromatic rings. The molecule has 1 fully saturated rings. The number of hydrogen-bond donors (Lipinski definition) is 1. The van der Waals surface area contributed by atoms with Gasteiger partial charge in [-0.2, -0.15) is 0 Å². The molecule has 0 bridgehead atoms. The first-order chi connectivity index (χ1) is 16.5. The lowest BCUT2D eigenvalue weighted by Crippen LogP contribution is -2.46. The molecular formula is C30H28FNO2. The van der Waals surface area contributed by atoms with Crippen LogP contribution in [0.25, 0.3) is 11.1 Å². The van der Waals surface area contributed by atoms with E-state index in [-0.39, 0.29) is 23.5 Å². The Labute approximate surface area is 200 Å². The van der Waals surface area contributed by atoms with Crippen LogP contribution in [0.5, 0.6) is 5.75 Å². The van der Waals surface area contributed by atoms with Gasteiger partial charge in [-0.1, -0.05) is 80.1 Å². The van der Waals surface area contributed by atoms with Crippen LogP contribution in [0, 0.1) is 5.82 Å². The third-order valence-corrected chi connectivity index (χ3v) is 5.91. The van der Waals surface area contributed by atoms with Crippen LogP contribution in [0.15, 0.2) is 103 Å². The largest absolute Gasteiger partial charge is 0.508 e. The minimum Gasteiger partial charge on any atom is -0.508 e. The molecule has 0 radical (unpaired) electrons. The molecule has 1 aliphatic heterocycles. The molecule has 5 rings (SSSR count). The number of halogens is 1. The summed E-state index contributed by atoms with van der Waals surface area (Å²) in [6.07, 6.45) is 2.70. The van der Waals surface area contributed by atoms with E-state index in [0.717, 1.165) is 35.2 Å². The van der Waals surface area contributed by atoms with Crippen molar-refractivity contribution in [3.05, 3.63) is 120 Å². The molecule has 4 heteroatoms. The van der Waals surface area contributed by atoms with Crippen molar-refractivity contribution in [1.29, 1.82) is 0 Å². The van der Waals surface area contributed by atoms with Crippen LogP contribution in [0.4, 0.5) is 10.1 Å². The van der Waals surface area contributed by atoms with Gasteiger partial charge in [0.15, 0.2) is 0 Å². The third kappa shape index (κ3) is 5.52. The number of rotatable bonds is 5. The van der Waals surface area contributed by atoms with Gasteiger partial charge in [0.2, 0.25) is 5.91 Å². The van der Waals surface area contributed by atoms with Crippen molar-refractivity contribution in [1.82, 2.24) is 0 Å². The third-order valence-electron chi connectivity index (χ3n) is 5.91. The highest BCUT2D eigenvalue weighted by Gasteiger charge is 2.38. The Balaban J connectivity index is 0.000000231. The van der Waals surface area contributed by atoms with Gasteiger partial charge in [-0.3, -0.25) is 4.79 Å². The molecule has 172 valence electrons. The first-order valence-electron chi connectivity index (χ1n) is 11.6. The highest BCUT2D eigenvalue weighted by molar-refractivity contribution is 6.01. The fourth-order valence-corrected chi connectivity index (χ4v) is 4.12. The molecule has 0 spiro atoms. The minimum absolute atomic E-state index is 0.0955. The summed E-state index contributed by atoms with van der Waals surface area (Å²) < 4.78 is 12.3. The summed E-state index contributed by atoms with van der Waals surface area (Å²) in [5.74, 6) is 0.263. The molecule has 1 aliphatic rings. The Morgan fingerprint density at radius 1 is 0.853 bits per heavy atom. The lowest BCUT2D eigenvalue weighted by Gasteiger charge is -2.40. The molecule has 1 saturated heterocycles. The number of para-hydroxylation sites is 1. The summed E-state index contributed by atoms with van der Waals surface area (Å²) in [7, 11) is 0. The highest BCUT2D eigenvalue weighted by Crippen LogP contribution is 2.39. The number of hydrogen-bond acceptors (Lipinski definition) is 2. The Bertz CT molecular complexity index is 1220. The number of carbonyl (C=O) groups excluding carboxylic acids is 1. The van der Waals surface area contributed by atoms with E-state index in [9.17, 15) is 14.3 Å². The second kappa shape index (κ2) is 10.8. The second-order valence-electron chi connectivity index (χ2n) is 8.37. The number of anilines is 1. The summed E-state index contributed by atoms with van der Waals surface area (Å²) >= 11 is 0. The van der Waals surface area contributed by atoms with E-state index in [4.69, 9.17) is 0 Å². The molecule has 1 atom stereocenters. The molecule has 0 aliphatic carbocycles. The fraction of sp³-hybridized carbons (Fsp3) is 0.167. The van der Waals surface area contributed by atoms with Crippen LogP contribution in [0.3, 0.4) is 0 Å². The average molecular weight is 454 g/mol. The zero-order chi connectivity index (χ0) is 23.9. The van der Waals surface area contributed by atoms with Crippen molar-refractivity contribution < 1.29 is 14.3 Å². The van der Waals surface area contributed by atoms with E-state index in [1.165, 1.54) is 17.7 Å². The van der Waals surface area contributed by atoms with Crippen molar-refractivity contribution >= 4 is 11.6 Å². The topological polar surface area (TPSA) is 40.5 Å². The molecule has 1 amide bonds. The molecule has 3 nitrogen and oxygen atoms in total. The number of amides is 1. The fourth-order valence-electron chi connectivity index (χ4n) is 4.12. The highest BCUT2D eigenvalue weighted by atomic mass is 19.1. The van der Waals surface area contributed by atoms with Gasteiger partial charge >= 0.3 is 0 Å². The van der Waals surface area contributed by atoms with Crippen molar-refractivity contribution in [2.24, 2.45) is 0 Å². The number of benzene rings is 4. The van der Waals surface area contributed by atoms with Gasteiger partial charge in [0, 0.05) is 5.69 Å². The SMILES string of the molecule is CCCc1ccc(F)cc1.O=C1C[C@@H](c2ccc(-c3cccc(O)c3)cc2)N1c1ccccc1. The van der Waals surface area contributed by atoms with E-state index >= 15 is 0 Å². The molecule has 0 aromatic heterocycles. The Morgan fingerprint density at radius 3 is 2.18 bits per heavy atom. The Morgan fingerprint density at radius 2 is 1.56 bits per heavy atom. The number of nitrogens with zero attached hydrogens (tertiary/aromatic N) is 1. The van der Waals surface area contributed by atoms with Gasteiger partial charge in [-0.05, 0) is 65.1 Å². The summed E-state index contributed by atoms with van der Waals surface area (Å²) in [4.78, 5) is 13.9. The van der Waals surface area contributed by atoms with Crippen LogP contribution in [-0.4, -0.2) is 11.0 Å². The van der Waals surface area contributed by atoms with Crippen molar-refractivity contribution in [3.63, 3.8) is 0 Å². The number of carbonyl (C=O) groups is 1. The molecule has 1 heterocycles. The predicted octanol–water partition coefficient (Wildman–Crippen LogP) is 7.32. The number of phenols is 1. The van der Waals surface area contributed by atoms with Gasteiger partial charge in [0.25, 0.3) is 0 Å². The number of aromatic hydroxyl groups is 1. The van der Waals surface area contributed by atoms with E-state index in [0.29, 0.717) is 6.42 Å². The smallest absolute Gasteiger partial charge is 0.230 e. The molecule has 34 heavy (non-hydrogen) atoms. The van der Waals surface area contributed by atoms with E-state index in [1.807, 2.05) is 71.6 Å². The summed E-state index contributed by atoms with van der Waals surface area (Å²) in [6, 6.07) is 32.0. The van der Waals surface area contributed by atoms with Gasteiger partial charge in [-0.25, -0.2) is 4.39 Å². The van der Waals surface area contributed by atoms with Crippen LogP contribution in [0.2, 0.25) is 0 Å². The monoisotopic (exact) mass is 453 g/mol. The van der Waals surface area contributed by atoms with Crippen LogP contribution < -0.4 is 4.90 Å². The maximum Gasteiger partial charge on any atom is 0.230 e. The van der Waals surface area contributed by atoms with Crippen molar-refractivity contribution in [2.75, 3.05) is 4.90 Å². The normalized spacial score (nSPS) is 14.7. The lowest BCUT2D eigenvalue weighted by molar-refractivity contribution is -0.124. The Kier molecular flexibility index (Phi) is 7.38. The molecule has 1 N–H and O–H groups in total. The predicted molar refractivity (Wildman–Crippen MR) is 135 cm³/mol. The zero-order valence-corrected chi connectivity index (χ0v) is 19.2. The second-order valence-corrected chi connectivity index (χ2v) is 8.37. The summed E-state index contributed by atoms with van der Waals surface area (Å²) in [6.45, 7) is 2.11. The molecule has 0 unspecified atom stereocenters. The van der Waals surface area contributed by atoms with Crippen molar-refractivity contribution in [3.8, 4) is 16.9 Å². The van der Waals surface area contributed by atoms with Gasteiger partial charge in [-0.15, -0.1) is 0 Å². The van der Waals surface area contributed by atoms with E-state index in [1.54, 1.807) is 12.1 Å². The standard InChI is InChI=1S/C21H17NO2.C9H11F/c23-19-8-4-5-17(13-19)15-9-11-16(12-10-15)20-14-21(24)22(20)18-6-2-1-3-7-18;1-2-3-8-4-6-9(10)7-5-8/h1-13,20,23H,14H2;4-7H,2-3H2,1H3/t20-;/m0./s1. The maximum atomic E-state index is 12.3. The van der Waals surface area contributed by atoms with Crippen molar-refractivity contribution in [2.45, 2.75) is 32.2 Å². The van der Waals surface area contributed by atoms with Gasteiger partial charge < -0.3 is 10.0 Å². The van der Waals surface area contributed by atoms with E-state index < -0.39 is 0 Å². The molecular weight excluding hydrogens is 425 g/mol. The zero-order valence-electron chi connectivity index (χ0n) is 19.2. The Hall–Kier alpha value is -3.92. The van der Waals surface area contributed by atoms with Gasteiger partial charge in [0.05, 0.1) is 12.5 Å². The average Bonchev–Trinajstić information content (AvgIpc) is 2.85. The van der Waals surface area contributed by atoms with Crippen LogP contribution in [0.1, 0.15) is 36.9 Å². The number of β-lactam (4-membered cyclic amide) rings is 1. The quantitative estimate of drug-likeness (QED) is 0.322. The first kappa shape index (κ1) is 23.2. The summed E-state index contributed by atoms with van der Waals surface area (Å²) in [5, 5.41) is 9.61. The maximum absolute atomic E-state index is 12.3.